The van der Waals surface area contributed by atoms with Crippen LogP contribution in [0.4, 0.5) is 5.69 Å². The Balaban J connectivity index is 2.61. The fraction of sp³-hybridized carbons (Fsp3) is 0.333. The summed E-state index contributed by atoms with van der Waals surface area (Å²) in [5.74, 6) is -1.11. The molecule has 0 spiro atoms. The summed E-state index contributed by atoms with van der Waals surface area (Å²) in [6.07, 6.45) is 0. The Kier molecular flexibility index (Phi) is 4.53. The summed E-state index contributed by atoms with van der Waals surface area (Å²) in [4.78, 5) is 23.0. The minimum absolute atomic E-state index is 0.00942. The van der Waals surface area contributed by atoms with E-state index >= 15 is 0 Å². The molecule has 1 aromatic rings. The van der Waals surface area contributed by atoms with E-state index in [1.165, 1.54) is 12.1 Å². The maximum atomic E-state index is 11.7. The molecular weight excluding hydrogens is 234 g/mol. The number of hydrogen-bond donors (Lipinski definition) is 4. The molecule has 6 heteroatoms. The van der Waals surface area contributed by atoms with Crippen molar-refractivity contribution >= 4 is 17.5 Å². The van der Waals surface area contributed by atoms with E-state index in [0.29, 0.717) is 0 Å². The molecule has 0 unspecified atom stereocenters. The zero-order valence-electron chi connectivity index (χ0n) is 10.4. The molecule has 6 nitrogen and oxygen atoms in total. The molecule has 2 amide bonds. The predicted octanol–water partition coefficient (Wildman–Crippen LogP) is 0.229. The average Bonchev–Trinajstić information content (AvgIpc) is 2.29. The van der Waals surface area contributed by atoms with E-state index in [1.807, 2.05) is 13.8 Å². The maximum Gasteiger partial charge on any atom is 0.255 e. The predicted molar refractivity (Wildman–Crippen MR) is 68.1 cm³/mol. The Morgan fingerprint density at radius 1 is 1.39 bits per heavy atom. The monoisotopic (exact) mass is 251 g/mol. The van der Waals surface area contributed by atoms with Crippen molar-refractivity contribution in [3.63, 3.8) is 0 Å². The van der Waals surface area contributed by atoms with Gasteiger partial charge in [0.25, 0.3) is 5.91 Å². The van der Waals surface area contributed by atoms with Crippen molar-refractivity contribution in [2.75, 3.05) is 12.3 Å². The topological polar surface area (TPSA) is 104 Å². The standard InChI is InChI=1S/C12H17N3O3/c1-7(2)15-10(16)6-14-12(18)8-4-3-5-9(13)11(8)17/h3-5,7,17H,6,13H2,1-2H3,(H,14,18)(H,15,16). The molecule has 0 aliphatic rings. The smallest absolute Gasteiger partial charge is 0.255 e. The highest BCUT2D eigenvalue weighted by Gasteiger charge is 2.13. The van der Waals surface area contributed by atoms with Crippen molar-refractivity contribution in [2.45, 2.75) is 19.9 Å². The van der Waals surface area contributed by atoms with Crippen molar-refractivity contribution in [2.24, 2.45) is 0 Å². The van der Waals surface area contributed by atoms with Crippen LogP contribution in [0.15, 0.2) is 18.2 Å². The number of carbonyl (C=O) groups excluding carboxylic acids is 2. The summed E-state index contributed by atoms with van der Waals surface area (Å²) in [6.45, 7) is 3.50. The van der Waals surface area contributed by atoms with E-state index in [1.54, 1.807) is 6.07 Å². The van der Waals surface area contributed by atoms with Gasteiger partial charge in [-0.15, -0.1) is 0 Å². The molecule has 0 atom stereocenters. The normalized spacial score (nSPS) is 10.2. The van der Waals surface area contributed by atoms with E-state index in [4.69, 9.17) is 5.73 Å². The number of nitrogens with one attached hydrogen (secondary N) is 2. The van der Waals surface area contributed by atoms with Crippen molar-refractivity contribution in [3.05, 3.63) is 23.8 Å². The maximum absolute atomic E-state index is 11.7. The molecule has 5 N–H and O–H groups in total. The summed E-state index contributed by atoms with van der Waals surface area (Å²) < 4.78 is 0. The molecule has 0 saturated carbocycles. The van der Waals surface area contributed by atoms with Gasteiger partial charge < -0.3 is 21.5 Å². The second-order valence-electron chi connectivity index (χ2n) is 4.15. The number of nitrogens with two attached hydrogens (primary N) is 1. The molecule has 18 heavy (non-hydrogen) atoms. The third-order valence-corrected chi connectivity index (χ3v) is 2.17. The minimum atomic E-state index is -0.543. The van der Waals surface area contributed by atoms with Crippen molar-refractivity contribution in [1.29, 1.82) is 0 Å². The van der Waals surface area contributed by atoms with Gasteiger partial charge >= 0.3 is 0 Å². The molecule has 0 radical (unpaired) electrons. The molecule has 1 rings (SSSR count). The summed E-state index contributed by atoms with van der Waals surface area (Å²) in [5, 5.41) is 14.6. The van der Waals surface area contributed by atoms with Crippen LogP contribution in [0.2, 0.25) is 0 Å². The number of anilines is 1. The fourth-order valence-corrected chi connectivity index (χ4v) is 1.37. The molecule has 0 heterocycles. The first-order valence-corrected chi connectivity index (χ1v) is 5.57. The van der Waals surface area contributed by atoms with Gasteiger partial charge in [0, 0.05) is 6.04 Å². The molecular formula is C12H17N3O3. The number of aromatic hydroxyl groups is 1. The van der Waals surface area contributed by atoms with Gasteiger partial charge in [-0.05, 0) is 26.0 Å². The van der Waals surface area contributed by atoms with Gasteiger partial charge in [0.2, 0.25) is 5.91 Å². The summed E-state index contributed by atoms with van der Waals surface area (Å²) in [5.41, 5.74) is 5.64. The summed E-state index contributed by atoms with van der Waals surface area (Å²) in [7, 11) is 0. The number of nitrogen functional groups attached to an aromatic ring is 1. The van der Waals surface area contributed by atoms with E-state index in [-0.39, 0.29) is 35.5 Å². The van der Waals surface area contributed by atoms with Crippen LogP contribution in [0.25, 0.3) is 0 Å². The first-order chi connectivity index (χ1) is 8.41. The number of carbonyl (C=O) groups is 2. The summed E-state index contributed by atoms with van der Waals surface area (Å²) in [6, 6.07) is 4.48. The quantitative estimate of drug-likeness (QED) is 0.454. The number of amides is 2. The first-order valence-electron chi connectivity index (χ1n) is 5.57. The lowest BCUT2D eigenvalue weighted by Gasteiger charge is -2.10. The molecule has 0 bridgehead atoms. The van der Waals surface area contributed by atoms with Gasteiger partial charge in [0.15, 0.2) is 5.75 Å². The van der Waals surface area contributed by atoms with Crippen molar-refractivity contribution < 1.29 is 14.7 Å². The highest BCUT2D eigenvalue weighted by molar-refractivity contribution is 6.00. The number of para-hydroxylation sites is 1. The fourth-order valence-electron chi connectivity index (χ4n) is 1.37. The van der Waals surface area contributed by atoms with Gasteiger partial charge in [0.1, 0.15) is 0 Å². The highest BCUT2D eigenvalue weighted by Crippen LogP contribution is 2.23. The molecule has 98 valence electrons. The van der Waals surface area contributed by atoms with Crippen LogP contribution < -0.4 is 16.4 Å². The minimum Gasteiger partial charge on any atom is -0.505 e. The van der Waals surface area contributed by atoms with Crippen molar-refractivity contribution in [1.82, 2.24) is 10.6 Å². The largest absolute Gasteiger partial charge is 0.505 e. The van der Waals surface area contributed by atoms with E-state index < -0.39 is 5.91 Å². The van der Waals surface area contributed by atoms with Crippen LogP contribution in [0.5, 0.6) is 5.75 Å². The van der Waals surface area contributed by atoms with Gasteiger partial charge in [-0.25, -0.2) is 0 Å². The highest BCUT2D eigenvalue weighted by atomic mass is 16.3. The first kappa shape index (κ1) is 13.8. The SMILES string of the molecule is CC(C)NC(=O)CNC(=O)c1cccc(N)c1O. The van der Waals surface area contributed by atoms with Crippen LogP contribution in [0.1, 0.15) is 24.2 Å². The number of phenolic OH excluding ortho intramolecular Hbond substituents is 1. The van der Waals surface area contributed by atoms with Crippen LogP contribution in [0.3, 0.4) is 0 Å². The van der Waals surface area contributed by atoms with Gasteiger partial charge in [-0.3, -0.25) is 9.59 Å². The second kappa shape index (κ2) is 5.90. The number of phenols is 1. The number of rotatable bonds is 4. The third kappa shape index (κ3) is 3.65. The number of hydrogen-bond acceptors (Lipinski definition) is 4. The van der Waals surface area contributed by atoms with Crippen LogP contribution >= 0.6 is 0 Å². The summed E-state index contributed by atoms with van der Waals surface area (Å²) >= 11 is 0. The Bertz CT molecular complexity index is 458. The lowest BCUT2D eigenvalue weighted by atomic mass is 10.1. The Labute approximate surface area is 105 Å². The molecule has 1 aromatic carbocycles. The second-order valence-corrected chi connectivity index (χ2v) is 4.15. The zero-order valence-corrected chi connectivity index (χ0v) is 10.4. The van der Waals surface area contributed by atoms with Gasteiger partial charge in [-0.2, -0.15) is 0 Å². The Morgan fingerprint density at radius 2 is 2.06 bits per heavy atom. The van der Waals surface area contributed by atoms with E-state index in [0.717, 1.165) is 0 Å². The Morgan fingerprint density at radius 3 is 2.67 bits per heavy atom. The molecule has 0 aliphatic heterocycles. The van der Waals surface area contributed by atoms with Crippen LogP contribution in [0, 0.1) is 0 Å². The Hall–Kier alpha value is -2.24. The molecule has 0 aromatic heterocycles. The lowest BCUT2D eigenvalue weighted by molar-refractivity contribution is -0.120. The third-order valence-electron chi connectivity index (χ3n) is 2.17. The van der Waals surface area contributed by atoms with Crippen molar-refractivity contribution in [3.8, 4) is 5.75 Å². The molecule has 0 aliphatic carbocycles. The zero-order chi connectivity index (χ0) is 13.7. The molecule has 0 fully saturated rings. The van der Waals surface area contributed by atoms with Gasteiger partial charge in [-0.1, -0.05) is 6.07 Å². The average molecular weight is 251 g/mol. The molecule has 0 saturated heterocycles. The van der Waals surface area contributed by atoms with E-state index in [9.17, 15) is 14.7 Å². The number of benzene rings is 1. The lowest BCUT2D eigenvalue weighted by Crippen LogP contribution is -2.39. The van der Waals surface area contributed by atoms with Crippen LogP contribution in [-0.4, -0.2) is 29.5 Å². The van der Waals surface area contributed by atoms with Gasteiger partial charge in [0.05, 0.1) is 17.8 Å². The van der Waals surface area contributed by atoms with E-state index in [2.05, 4.69) is 10.6 Å². The van der Waals surface area contributed by atoms with Crippen LogP contribution in [-0.2, 0) is 4.79 Å².